The van der Waals surface area contributed by atoms with Crippen LogP contribution in [0.4, 0.5) is 17.5 Å². The second kappa shape index (κ2) is 6.96. The average molecular weight is 358 g/mol. The lowest BCUT2D eigenvalue weighted by Crippen LogP contribution is -2.29. The molecule has 0 unspecified atom stereocenters. The summed E-state index contributed by atoms with van der Waals surface area (Å²) in [7, 11) is 0. The fourth-order valence-corrected chi connectivity index (χ4v) is 3.66. The summed E-state index contributed by atoms with van der Waals surface area (Å²) in [6.45, 7) is 4.68. The van der Waals surface area contributed by atoms with Crippen LogP contribution in [-0.2, 0) is 6.54 Å². The number of para-hydroxylation sites is 1. The molecule has 2 aliphatic rings. The lowest BCUT2D eigenvalue weighted by atomic mass is 10.1. The molecule has 2 aliphatic heterocycles. The first kappa shape index (κ1) is 16.2. The topological polar surface area (TPSA) is 65.4 Å². The maximum Gasteiger partial charge on any atom is 0.227 e. The van der Waals surface area contributed by atoms with Crippen LogP contribution in [0.15, 0.2) is 47.5 Å². The van der Waals surface area contributed by atoms with Gasteiger partial charge in [0.2, 0.25) is 5.95 Å². The van der Waals surface area contributed by atoms with Gasteiger partial charge in [-0.2, -0.15) is 4.98 Å². The van der Waals surface area contributed by atoms with E-state index in [2.05, 4.69) is 50.9 Å². The van der Waals surface area contributed by atoms with Crippen LogP contribution in [0, 0.1) is 0 Å². The SMILES string of the molecule is C1=NCc2ccc(Nc3nc(N4CCCNCC4)nc4ccccc34)cc21. The summed E-state index contributed by atoms with van der Waals surface area (Å²) < 4.78 is 0. The van der Waals surface area contributed by atoms with Crippen LogP contribution >= 0.6 is 0 Å². The molecular formula is C21H22N6. The lowest BCUT2D eigenvalue weighted by Gasteiger charge is -2.21. The lowest BCUT2D eigenvalue weighted by molar-refractivity contribution is 0.724. The Kier molecular flexibility index (Phi) is 4.18. The number of rotatable bonds is 3. The molecule has 27 heavy (non-hydrogen) atoms. The predicted molar refractivity (Wildman–Crippen MR) is 110 cm³/mol. The first-order chi connectivity index (χ1) is 13.4. The van der Waals surface area contributed by atoms with Crippen LogP contribution in [0.3, 0.4) is 0 Å². The number of hydrogen-bond acceptors (Lipinski definition) is 6. The van der Waals surface area contributed by atoms with Gasteiger partial charge in [-0.25, -0.2) is 4.98 Å². The molecule has 5 rings (SSSR count). The summed E-state index contributed by atoms with van der Waals surface area (Å²) in [6.07, 6.45) is 3.04. The highest BCUT2D eigenvalue weighted by molar-refractivity contribution is 5.92. The van der Waals surface area contributed by atoms with Gasteiger partial charge in [-0.1, -0.05) is 18.2 Å². The quantitative estimate of drug-likeness (QED) is 0.753. The van der Waals surface area contributed by atoms with Gasteiger partial charge in [-0.15, -0.1) is 0 Å². The van der Waals surface area contributed by atoms with Crippen molar-refractivity contribution < 1.29 is 0 Å². The van der Waals surface area contributed by atoms with Gasteiger partial charge in [0.1, 0.15) is 5.82 Å². The Morgan fingerprint density at radius 1 is 1.00 bits per heavy atom. The molecule has 0 amide bonds. The summed E-state index contributed by atoms with van der Waals surface area (Å²) in [6, 6.07) is 14.5. The minimum Gasteiger partial charge on any atom is -0.340 e. The van der Waals surface area contributed by atoms with E-state index in [9.17, 15) is 0 Å². The number of aliphatic imine (C=N–C) groups is 1. The molecule has 0 atom stereocenters. The zero-order valence-electron chi connectivity index (χ0n) is 15.2. The van der Waals surface area contributed by atoms with E-state index in [1.165, 1.54) is 11.1 Å². The van der Waals surface area contributed by atoms with E-state index in [0.29, 0.717) is 0 Å². The highest BCUT2D eigenvalue weighted by Crippen LogP contribution is 2.28. The third-order valence-electron chi connectivity index (χ3n) is 5.11. The van der Waals surface area contributed by atoms with Gasteiger partial charge in [0.05, 0.1) is 12.1 Å². The second-order valence-electron chi connectivity index (χ2n) is 6.99. The normalized spacial score (nSPS) is 16.4. The summed E-state index contributed by atoms with van der Waals surface area (Å²) in [4.78, 5) is 16.3. The van der Waals surface area contributed by atoms with Crippen LogP contribution in [-0.4, -0.2) is 42.4 Å². The molecule has 0 radical (unpaired) electrons. The summed E-state index contributed by atoms with van der Waals surface area (Å²) in [5, 5.41) is 7.98. The van der Waals surface area contributed by atoms with Crippen molar-refractivity contribution in [2.24, 2.45) is 4.99 Å². The van der Waals surface area contributed by atoms with E-state index in [-0.39, 0.29) is 0 Å². The van der Waals surface area contributed by atoms with E-state index in [1.807, 2.05) is 18.3 Å². The van der Waals surface area contributed by atoms with Crippen molar-refractivity contribution in [1.29, 1.82) is 0 Å². The maximum atomic E-state index is 4.90. The molecule has 0 spiro atoms. The summed E-state index contributed by atoms with van der Waals surface area (Å²) >= 11 is 0. The average Bonchev–Trinajstić information content (AvgIpc) is 2.99. The number of nitrogens with zero attached hydrogens (tertiary/aromatic N) is 4. The second-order valence-corrected chi connectivity index (χ2v) is 6.99. The van der Waals surface area contributed by atoms with Crippen LogP contribution in [0.1, 0.15) is 17.5 Å². The van der Waals surface area contributed by atoms with Crippen molar-refractivity contribution in [2.75, 3.05) is 36.4 Å². The van der Waals surface area contributed by atoms with Gasteiger partial charge >= 0.3 is 0 Å². The smallest absolute Gasteiger partial charge is 0.227 e. The molecule has 0 bridgehead atoms. The van der Waals surface area contributed by atoms with Crippen molar-refractivity contribution in [3.8, 4) is 0 Å². The highest BCUT2D eigenvalue weighted by atomic mass is 15.3. The first-order valence-corrected chi connectivity index (χ1v) is 9.49. The third kappa shape index (κ3) is 3.24. The maximum absolute atomic E-state index is 4.90. The molecule has 2 aromatic carbocycles. The molecular weight excluding hydrogens is 336 g/mol. The molecule has 1 fully saturated rings. The Labute approximate surface area is 158 Å². The van der Waals surface area contributed by atoms with Gasteiger partial charge in [-0.3, -0.25) is 4.99 Å². The monoisotopic (exact) mass is 358 g/mol. The van der Waals surface area contributed by atoms with Crippen molar-refractivity contribution in [2.45, 2.75) is 13.0 Å². The molecule has 0 saturated carbocycles. The van der Waals surface area contributed by atoms with Crippen LogP contribution in [0.25, 0.3) is 10.9 Å². The predicted octanol–water partition coefficient (Wildman–Crippen LogP) is 3.11. The number of hydrogen-bond donors (Lipinski definition) is 2. The number of nitrogens with one attached hydrogen (secondary N) is 2. The van der Waals surface area contributed by atoms with Crippen molar-refractivity contribution in [1.82, 2.24) is 15.3 Å². The standard InChI is InChI=1S/C21H22N6/c1-2-5-19-18(4-1)20(24-17-7-6-15-13-23-14-16(15)12-17)26-21(25-19)27-10-3-8-22-9-11-27/h1-2,4-7,12,14,22H,3,8-11,13H2,(H,24,25,26). The van der Waals surface area contributed by atoms with Gasteiger partial charge in [0.15, 0.2) is 0 Å². The van der Waals surface area contributed by atoms with Gasteiger partial charge in [0.25, 0.3) is 0 Å². The number of fused-ring (bicyclic) bond motifs is 2. The molecule has 6 nitrogen and oxygen atoms in total. The molecule has 3 heterocycles. The number of aromatic nitrogens is 2. The van der Waals surface area contributed by atoms with E-state index in [0.717, 1.165) is 67.5 Å². The highest BCUT2D eigenvalue weighted by Gasteiger charge is 2.16. The minimum absolute atomic E-state index is 0.777. The van der Waals surface area contributed by atoms with Gasteiger partial charge < -0.3 is 15.5 Å². The van der Waals surface area contributed by atoms with Gasteiger partial charge in [-0.05, 0) is 48.4 Å². The van der Waals surface area contributed by atoms with E-state index < -0.39 is 0 Å². The number of benzene rings is 2. The molecule has 0 aliphatic carbocycles. The molecule has 136 valence electrons. The van der Waals surface area contributed by atoms with Crippen molar-refractivity contribution in [3.05, 3.63) is 53.6 Å². The summed E-state index contributed by atoms with van der Waals surface area (Å²) in [5.74, 6) is 1.64. The molecule has 2 N–H and O–H groups in total. The Morgan fingerprint density at radius 2 is 1.96 bits per heavy atom. The van der Waals surface area contributed by atoms with Crippen LogP contribution in [0.5, 0.6) is 0 Å². The zero-order chi connectivity index (χ0) is 18.1. The first-order valence-electron chi connectivity index (χ1n) is 9.49. The van der Waals surface area contributed by atoms with E-state index in [4.69, 9.17) is 9.97 Å². The largest absolute Gasteiger partial charge is 0.340 e. The van der Waals surface area contributed by atoms with E-state index in [1.54, 1.807) is 0 Å². The zero-order valence-corrected chi connectivity index (χ0v) is 15.2. The van der Waals surface area contributed by atoms with E-state index >= 15 is 0 Å². The number of anilines is 3. The summed E-state index contributed by atoms with van der Waals surface area (Å²) in [5.41, 5.74) is 4.43. The Bertz CT molecular complexity index is 1000. The molecule has 3 aromatic rings. The Morgan fingerprint density at radius 3 is 2.96 bits per heavy atom. The fourth-order valence-electron chi connectivity index (χ4n) is 3.66. The molecule has 1 aromatic heterocycles. The van der Waals surface area contributed by atoms with Crippen molar-refractivity contribution in [3.63, 3.8) is 0 Å². The third-order valence-corrected chi connectivity index (χ3v) is 5.11. The Balaban J connectivity index is 1.54. The van der Waals surface area contributed by atoms with Gasteiger partial charge in [0, 0.05) is 36.9 Å². The minimum atomic E-state index is 0.777. The van der Waals surface area contributed by atoms with Crippen LogP contribution < -0.4 is 15.5 Å². The Hall–Kier alpha value is -2.99. The molecule has 1 saturated heterocycles. The molecule has 6 heteroatoms. The van der Waals surface area contributed by atoms with Crippen LogP contribution in [0.2, 0.25) is 0 Å². The fraction of sp³-hybridized carbons (Fsp3) is 0.286. The van der Waals surface area contributed by atoms with Crippen molar-refractivity contribution >= 4 is 34.6 Å².